The smallest absolute Gasteiger partial charge is 0.315 e. The molecule has 2 aliphatic rings. The Morgan fingerprint density at radius 3 is 2.89 bits per heavy atom. The second-order valence-electron chi connectivity index (χ2n) is 5.74. The zero-order valence-electron chi connectivity index (χ0n) is 11.7. The third kappa shape index (κ3) is 4.53. The van der Waals surface area contributed by atoms with Gasteiger partial charge in [0.2, 0.25) is 0 Å². The Balaban J connectivity index is 1.65. The van der Waals surface area contributed by atoms with Crippen LogP contribution in [0.2, 0.25) is 0 Å². The third-order valence-corrected chi connectivity index (χ3v) is 4.33. The fourth-order valence-corrected chi connectivity index (χ4v) is 3.14. The number of aliphatic hydroxyl groups is 1. The molecular formula is C15H26N2O2. The van der Waals surface area contributed by atoms with Gasteiger partial charge in [-0.15, -0.1) is 0 Å². The first-order chi connectivity index (χ1) is 9.29. The average Bonchev–Trinajstić information content (AvgIpc) is 2.92. The highest BCUT2D eigenvalue weighted by molar-refractivity contribution is 5.74. The minimum atomic E-state index is -0.0797. The van der Waals surface area contributed by atoms with Gasteiger partial charge in [0.05, 0.1) is 0 Å². The van der Waals surface area contributed by atoms with Crippen LogP contribution in [0, 0.1) is 5.92 Å². The molecule has 0 aromatic rings. The molecule has 1 saturated carbocycles. The molecule has 108 valence electrons. The van der Waals surface area contributed by atoms with E-state index in [1.54, 1.807) is 0 Å². The molecule has 2 atom stereocenters. The highest BCUT2D eigenvalue weighted by Gasteiger charge is 2.25. The maximum absolute atomic E-state index is 11.8. The Morgan fingerprint density at radius 1 is 1.32 bits per heavy atom. The van der Waals surface area contributed by atoms with Gasteiger partial charge in [0.25, 0.3) is 0 Å². The number of hydrogen-bond donors (Lipinski definition) is 3. The van der Waals surface area contributed by atoms with Crippen LogP contribution in [-0.2, 0) is 0 Å². The minimum absolute atomic E-state index is 0.0797. The Kier molecular flexibility index (Phi) is 5.70. The van der Waals surface area contributed by atoms with Gasteiger partial charge in [0.15, 0.2) is 0 Å². The highest BCUT2D eigenvalue weighted by atomic mass is 16.3. The van der Waals surface area contributed by atoms with Crippen LogP contribution >= 0.6 is 0 Å². The van der Waals surface area contributed by atoms with Gasteiger partial charge in [0.1, 0.15) is 0 Å². The molecule has 2 unspecified atom stereocenters. The first-order valence-corrected chi connectivity index (χ1v) is 7.62. The molecule has 0 aliphatic heterocycles. The van der Waals surface area contributed by atoms with Crippen LogP contribution in [0.1, 0.15) is 51.4 Å². The van der Waals surface area contributed by atoms with Gasteiger partial charge in [-0.1, -0.05) is 24.5 Å². The lowest BCUT2D eigenvalue weighted by Gasteiger charge is -2.30. The fourth-order valence-electron chi connectivity index (χ4n) is 3.14. The number of amides is 2. The van der Waals surface area contributed by atoms with Crippen molar-refractivity contribution in [3.05, 3.63) is 11.6 Å². The number of carbonyl (C=O) groups is 1. The summed E-state index contributed by atoms with van der Waals surface area (Å²) in [7, 11) is 0. The minimum Gasteiger partial charge on any atom is -0.396 e. The molecule has 0 aromatic carbocycles. The number of urea groups is 1. The molecule has 1 fully saturated rings. The van der Waals surface area contributed by atoms with Crippen molar-refractivity contribution in [2.45, 2.75) is 57.4 Å². The van der Waals surface area contributed by atoms with E-state index in [-0.39, 0.29) is 24.6 Å². The summed E-state index contributed by atoms with van der Waals surface area (Å²) in [5.41, 5.74) is 1.48. The van der Waals surface area contributed by atoms with E-state index >= 15 is 0 Å². The molecule has 0 spiro atoms. The van der Waals surface area contributed by atoms with E-state index in [4.69, 9.17) is 0 Å². The van der Waals surface area contributed by atoms with Crippen molar-refractivity contribution < 1.29 is 9.90 Å². The molecular weight excluding hydrogens is 240 g/mol. The molecule has 2 aliphatic carbocycles. The second-order valence-corrected chi connectivity index (χ2v) is 5.74. The van der Waals surface area contributed by atoms with Crippen molar-refractivity contribution in [3.63, 3.8) is 0 Å². The van der Waals surface area contributed by atoms with E-state index in [1.807, 2.05) is 0 Å². The van der Waals surface area contributed by atoms with E-state index in [0.717, 1.165) is 25.7 Å². The van der Waals surface area contributed by atoms with E-state index < -0.39 is 0 Å². The van der Waals surface area contributed by atoms with Gasteiger partial charge in [-0.25, -0.2) is 4.79 Å². The maximum atomic E-state index is 11.8. The van der Waals surface area contributed by atoms with Crippen molar-refractivity contribution >= 4 is 6.03 Å². The van der Waals surface area contributed by atoms with Crippen molar-refractivity contribution in [2.75, 3.05) is 13.2 Å². The Morgan fingerprint density at radius 2 is 2.16 bits per heavy atom. The Labute approximate surface area is 115 Å². The van der Waals surface area contributed by atoms with Gasteiger partial charge in [0, 0.05) is 25.1 Å². The summed E-state index contributed by atoms with van der Waals surface area (Å²) in [6, 6.07) is 0.0633. The van der Waals surface area contributed by atoms with E-state index in [0.29, 0.717) is 6.54 Å². The van der Waals surface area contributed by atoms with Gasteiger partial charge >= 0.3 is 6.03 Å². The predicted molar refractivity (Wildman–Crippen MR) is 75.9 cm³/mol. The van der Waals surface area contributed by atoms with E-state index in [1.165, 1.54) is 31.3 Å². The van der Waals surface area contributed by atoms with E-state index in [2.05, 4.69) is 16.7 Å². The summed E-state index contributed by atoms with van der Waals surface area (Å²) in [4.78, 5) is 11.8. The van der Waals surface area contributed by atoms with Gasteiger partial charge in [-0.2, -0.15) is 0 Å². The molecule has 19 heavy (non-hydrogen) atoms. The Bertz CT molecular complexity index is 328. The van der Waals surface area contributed by atoms with Crippen molar-refractivity contribution in [1.29, 1.82) is 0 Å². The van der Waals surface area contributed by atoms with Crippen LogP contribution in [-0.4, -0.2) is 30.3 Å². The molecule has 2 amide bonds. The summed E-state index contributed by atoms with van der Waals surface area (Å²) >= 11 is 0. The fraction of sp³-hybridized carbons (Fsp3) is 0.800. The van der Waals surface area contributed by atoms with Gasteiger partial charge < -0.3 is 15.7 Å². The van der Waals surface area contributed by atoms with Crippen LogP contribution in [0.25, 0.3) is 0 Å². The van der Waals surface area contributed by atoms with Crippen molar-refractivity contribution in [3.8, 4) is 0 Å². The zero-order chi connectivity index (χ0) is 13.5. The third-order valence-electron chi connectivity index (χ3n) is 4.33. The normalized spacial score (nSPS) is 26.9. The van der Waals surface area contributed by atoms with Crippen LogP contribution in [0.5, 0.6) is 0 Å². The van der Waals surface area contributed by atoms with Crippen LogP contribution in [0.15, 0.2) is 11.6 Å². The molecule has 0 aromatic heterocycles. The Hall–Kier alpha value is -1.03. The lowest BCUT2D eigenvalue weighted by molar-refractivity contribution is 0.154. The largest absolute Gasteiger partial charge is 0.396 e. The summed E-state index contributed by atoms with van der Waals surface area (Å²) in [6.07, 6.45) is 11.2. The quantitative estimate of drug-likeness (QED) is 0.669. The van der Waals surface area contributed by atoms with Crippen molar-refractivity contribution in [1.82, 2.24) is 10.6 Å². The number of allylic oxidation sites excluding steroid dienone is 1. The molecule has 0 saturated heterocycles. The SMILES string of the molecule is O=C(NCCC1=CCCC1)NC1CCCCC1CO. The van der Waals surface area contributed by atoms with Gasteiger partial charge in [-0.05, 0) is 38.5 Å². The zero-order valence-corrected chi connectivity index (χ0v) is 11.7. The molecule has 4 heteroatoms. The number of aliphatic hydroxyl groups excluding tert-OH is 1. The second kappa shape index (κ2) is 7.53. The first-order valence-electron chi connectivity index (χ1n) is 7.62. The lowest BCUT2D eigenvalue weighted by atomic mass is 9.85. The maximum Gasteiger partial charge on any atom is 0.315 e. The van der Waals surface area contributed by atoms with Crippen LogP contribution < -0.4 is 10.6 Å². The van der Waals surface area contributed by atoms with Crippen molar-refractivity contribution in [2.24, 2.45) is 5.92 Å². The standard InChI is InChI=1S/C15H26N2O2/c18-11-13-7-3-4-8-14(13)17-15(19)16-10-9-12-5-1-2-6-12/h5,13-14,18H,1-4,6-11H2,(H2,16,17,19). The predicted octanol–water partition coefficient (Wildman–Crippen LogP) is 2.34. The average molecular weight is 266 g/mol. The molecule has 0 heterocycles. The number of carbonyl (C=O) groups excluding carboxylic acids is 1. The van der Waals surface area contributed by atoms with Crippen LogP contribution in [0.4, 0.5) is 4.79 Å². The molecule has 0 radical (unpaired) electrons. The summed E-state index contributed by atoms with van der Waals surface area (Å²) in [6.45, 7) is 0.895. The summed E-state index contributed by atoms with van der Waals surface area (Å²) < 4.78 is 0. The first kappa shape index (κ1) is 14.4. The molecule has 4 nitrogen and oxygen atoms in total. The van der Waals surface area contributed by atoms with Crippen LogP contribution in [0.3, 0.4) is 0 Å². The molecule has 3 N–H and O–H groups in total. The summed E-state index contributed by atoms with van der Waals surface area (Å²) in [5, 5.41) is 15.3. The lowest BCUT2D eigenvalue weighted by Crippen LogP contribution is -2.47. The molecule has 2 rings (SSSR count). The van der Waals surface area contributed by atoms with E-state index in [9.17, 15) is 9.90 Å². The number of rotatable bonds is 5. The van der Waals surface area contributed by atoms with Gasteiger partial charge in [-0.3, -0.25) is 0 Å². The number of hydrogen-bond acceptors (Lipinski definition) is 2. The molecule has 0 bridgehead atoms. The highest BCUT2D eigenvalue weighted by Crippen LogP contribution is 2.24. The summed E-state index contributed by atoms with van der Waals surface area (Å²) in [5.74, 6) is 0.233. The number of nitrogens with one attached hydrogen (secondary N) is 2. The topological polar surface area (TPSA) is 61.4 Å². The monoisotopic (exact) mass is 266 g/mol.